The number of hydrogen-bond donors (Lipinski definition) is 0. The first-order valence-corrected chi connectivity index (χ1v) is 7.86. The van der Waals surface area contributed by atoms with Crippen molar-refractivity contribution >= 4 is 23.4 Å². The number of rotatable bonds is 4. The number of hydrogen-bond acceptors (Lipinski definition) is 4. The zero-order chi connectivity index (χ0) is 15.5. The fourth-order valence-electron chi connectivity index (χ4n) is 2.05. The summed E-state index contributed by atoms with van der Waals surface area (Å²) in [4.78, 5) is 0. The van der Waals surface area contributed by atoms with Crippen molar-refractivity contribution < 1.29 is 4.39 Å². The summed E-state index contributed by atoms with van der Waals surface area (Å²) in [6.45, 7) is 2.02. The van der Waals surface area contributed by atoms with Crippen molar-refractivity contribution in [3.8, 4) is 5.69 Å². The van der Waals surface area contributed by atoms with Gasteiger partial charge in [0.25, 0.3) is 0 Å². The second-order valence-corrected chi connectivity index (χ2v) is 6.35. The smallest absolute Gasteiger partial charge is 0.207 e. The van der Waals surface area contributed by atoms with Crippen LogP contribution in [0, 0.1) is 5.82 Å². The molecule has 3 rings (SSSR count). The van der Waals surface area contributed by atoms with Gasteiger partial charge in [-0.1, -0.05) is 47.6 Å². The van der Waals surface area contributed by atoms with E-state index < -0.39 is 0 Å². The van der Waals surface area contributed by atoms with Gasteiger partial charge in [0.1, 0.15) is 5.82 Å². The Morgan fingerprint density at radius 2 is 2.00 bits per heavy atom. The van der Waals surface area contributed by atoms with Crippen molar-refractivity contribution in [1.29, 1.82) is 0 Å². The lowest BCUT2D eigenvalue weighted by Crippen LogP contribution is -2.01. The van der Waals surface area contributed by atoms with Crippen LogP contribution in [-0.2, 0) is 0 Å². The topological polar surface area (TPSA) is 43.6 Å². The molecule has 2 aromatic carbocycles. The number of aromatic nitrogens is 4. The summed E-state index contributed by atoms with van der Waals surface area (Å²) in [5, 5.41) is 13.0. The van der Waals surface area contributed by atoms with Crippen molar-refractivity contribution in [2.24, 2.45) is 0 Å². The molecule has 0 aliphatic heterocycles. The second kappa shape index (κ2) is 6.46. The van der Waals surface area contributed by atoms with E-state index in [2.05, 4.69) is 15.5 Å². The lowest BCUT2D eigenvalue weighted by Gasteiger charge is -2.12. The summed E-state index contributed by atoms with van der Waals surface area (Å²) in [7, 11) is 0. The molecule has 0 aliphatic rings. The zero-order valence-corrected chi connectivity index (χ0v) is 13.2. The van der Waals surface area contributed by atoms with Crippen molar-refractivity contribution in [3.63, 3.8) is 0 Å². The highest BCUT2D eigenvalue weighted by molar-refractivity contribution is 7.99. The highest BCUT2D eigenvalue weighted by Gasteiger charge is 2.16. The molecule has 22 heavy (non-hydrogen) atoms. The highest BCUT2D eigenvalue weighted by atomic mass is 35.5. The summed E-state index contributed by atoms with van der Waals surface area (Å²) in [6.07, 6.45) is 0. The van der Waals surface area contributed by atoms with Gasteiger partial charge in [-0.05, 0) is 47.2 Å². The third-order valence-corrected chi connectivity index (χ3v) is 4.54. The molecule has 4 nitrogen and oxygen atoms in total. The summed E-state index contributed by atoms with van der Waals surface area (Å²) >= 11 is 7.68. The van der Waals surface area contributed by atoms with Gasteiger partial charge in [0.15, 0.2) is 0 Å². The molecule has 0 fully saturated rings. The molecule has 1 aromatic heterocycles. The van der Waals surface area contributed by atoms with E-state index in [1.807, 2.05) is 31.2 Å². The third-order valence-electron chi connectivity index (χ3n) is 3.12. The van der Waals surface area contributed by atoms with Crippen LogP contribution in [0.2, 0.25) is 5.02 Å². The van der Waals surface area contributed by atoms with Crippen molar-refractivity contribution in [2.75, 3.05) is 0 Å². The van der Waals surface area contributed by atoms with Gasteiger partial charge in [-0.3, -0.25) is 0 Å². The molecule has 0 amide bonds. The van der Waals surface area contributed by atoms with Gasteiger partial charge in [-0.25, -0.2) is 4.39 Å². The zero-order valence-electron chi connectivity index (χ0n) is 11.6. The fraction of sp³-hybridized carbons (Fsp3) is 0.133. The van der Waals surface area contributed by atoms with E-state index >= 15 is 0 Å². The molecule has 7 heteroatoms. The predicted octanol–water partition coefficient (Wildman–Crippen LogP) is 4.31. The normalized spacial score (nSPS) is 12.3. The maximum atomic E-state index is 13.4. The predicted molar refractivity (Wildman–Crippen MR) is 84.8 cm³/mol. The van der Waals surface area contributed by atoms with E-state index in [4.69, 9.17) is 11.6 Å². The molecule has 0 saturated heterocycles. The van der Waals surface area contributed by atoms with Crippen LogP contribution in [0.15, 0.2) is 53.7 Å². The van der Waals surface area contributed by atoms with Gasteiger partial charge in [-0.15, -0.1) is 5.10 Å². The molecule has 112 valence electrons. The maximum Gasteiger partial charge on any atom is 0.214 e. The van der Waals surface area contributed by atoms with E-state index in [0.29, 0.717) is 15.9 Å². The quantitative estimate of drug-likeness (QED) is 0.667. The molecular formula is C15H12ClFN4S. The molecule has 0 spiro atoms. The van der Waals surface area contributed by atoms with E-state index in [9.17, 15) is 4.39 Å². The summed E-state index contributed by atoms with van der Waals surface area (Å²) in [6, 6.07) is 13.8. The molecule has 0 N–H and O–H groups in total. The van der Waals surface area contributed by atoms with Crippen molar-refractivity contribution in [2.45, 2.75) is 17.3 Å². The van der Waals surface area contributed by atoms with Crippen LogP contribution in [-0.4, -0.2) is 20.2 Å². The highest BCUT2D eigenvalue weighted by Crippen LogP contribution is 2.37. The minimum absolute atomic E-state index is 0.0620. The largest absolute Gasteiger partial charge is 0.214 e. The molecule has 1 atom stereocenters. The Bertz CT molecular complexity index is 792. The molecule has 0 saturated carbocycles. The number of tetrazole rings is 1. The first-order chi connectivity index (χ1) is 10.6. The SMILES string of the molecule is C[C@@H](Sc1nnnn1-c1cccc(F)c1)c1ccccc1Cl. The number of halogens is 2. The molecule has 0 radical (unpaired) electrons. The average molecular weight is 335 g/mol. The first-order valence-electron chi connectivity index (χ1n) is 6.60. The number of benzene rings is 2. The molecule has 0 bridgehead atoms. The van der Waals surface area contributed by atoms with Crippen LogP contribution in [0.4, 0.5) is 4.39 Å². The molecular weight excluding hydrogens is 323 g/mol. The van der Waals surface area contributed by atoms with Crippen LogP contribution < -0.4 is 0 Å². The minimum Gasteiger partial charge on any atom is -0.207 e. The first kappa shape index (κ1) is 15.0. The average Bonchev–Trinajstić information content (AvgIpc) is 2.95. The van der Waals surface area contributed by atoms with Gasteiger partial charge < -0.3 is 0 Å². The standard InChI is InChI=1S/C15H12ClFN4S/c1-10(13-7-2-3-8-14(13)16)22-15-18-19-20-21(15)12-6-4-5-11(17)9-12/h2-10H,1H3/t10-/m1/s1. The van der Waals surface area contributed by atoms with E-state index in [0.717, 1.165) is 5.56 Å². The number of thioether (sulfide) groups is 1. The van der Waals surface area contributed by atoms with E-state index in [1.165, 1.54) is 28.6 Å². The molecule has 1 heterocycles. The summed E-state index contributed by atoms with van der Waals surface area (Å²) in [5.74, 6) is -0.330. The van der Waals surface area contributed by atoms with Gasteiger partial charge in [-0.2, -0.15) is 4.68 Å². The monoisotopic (exact) mass is 334 g/mol. The Morgan fingerprint density at radius 3 is 2.77 bits per heavy atom. The maximum absolute atomic E-state index is 13.4. The van der Waals surface area contributed by atoms with Gasteiger partial charge >= 0.3 is 0 Å². The van der Waals surface area contributed by atoms with Crippen LogP contribution >= 0.6 is 23.4 Å². The van der Waals surface area contributed by atoms with Crippen molar-refractivity contribution in [3.05, 3.63) is 64.9 Å². The Labute approximate surface area is 136 Å². The summed E-state index contributed by atoms with van der Waals surface area (Å²) in [5.41, 5.74) is 1.59. The second-order valence-electron chi connectivity index (χ2n) is 4.63. The summed E-state index contributed by atoms with van der Waals surface area (Å²) < 4.78 is 14.9. The lowest BCUT2D eigenvalue weighted by atomic mass is 10.2. The lowest BCUT2D eigenvalue weighted by molar-refractivity contribution is 0.623. The van der Waals surface area contributed by atoms with Gasteiger partial charge in [0.2, 0.25) is 5.16 Å². The molecule has 3 aromatic rings. The Hall–Kier alpha value is -1.92. The van der Waals surface area contributed by atoms with Gasteiger partial charge in [0, 0.05) is 10.3 Å². The Kier molecular flexibility index (Phi) is 4.40. The third kappa shape index (κ3) is 3.13. The molecule has 0 unspecified atom stereocenters. The number of nitrogens with zero attached hydrogens (tertiary/aromatic N) is 4. The fourth-order valence-corrected chi connectivity index (χ4v) is 3.39. The molecule has 0 aliphatic carbocycles. The van der Waals surface area contributed by atoms with Crippen LogP contribution in [0.25, 0.3) is 5.69 Å². The minimum atomic E-state index is -0.330. The van der Waals surface area contributed by atoms with Crippen LogP contribution in [0.1, 0.15) is 17.7 Å². The van der Waals surface area contributed by atoms with Crippen LogP contribution in [0.5, 0.6) is 0 Å². The van der Waals surface area contributed by atoms with Crippen LogP contribution in [0.3, 0.4) is 0 Å². The van der Waals surface area contributed by atoms with Crippen molar-refractivity contribution in [1.82, 2.24) is 20.2 Å². The van der Waals surface area contributed by atoms with E-state index in [1.54, 1.807) is 12.1 Å². The van der Waals surface area contributed by atoms with Gasteiger partial charge in [0.05, 0.1) is 5.69 Å². The Morgan fingerprint density at radius 1 is 1.18 bits per heavy atom. The van der Waals surface area contributed by atoms with E-state index in [-0.39, 0.29) is 11.1 Å². The Balaban J connectivity index is 1.88.